The fourth-order valence-electron chi connectivity index (χ4n) is 2.98. The van der Waals surface area contributed by atoms with Crippen LogP contribution in [0.25, 0.3) is 0 Å². The molecule has 2 aliphatic heterocycles. The average molecular weight is 652 g/mol. The Morgan fingerprint density at radius 3 is 1.30 bits per heavy atom. The highest BCUT2D eigenvalue weighted by atomic mass is 35.5. The molecular weight excluding hydrogens is 632 g/mol. The third-order valence-electron chi connectivity index (χ3n) is 4.57. The quantitative estimate of drug-likeness (QED) is 0.254. The Balaban J connectivity index is 0.000000159. The molecule has 0 bridgehead atoms. The standard InChI is InChI=1S/2C8H9Cl2N3O.C4HCl3N2/c9-6-5-7(12-8(10)11-6)13-1-3-14-4-2-13;9-6-5-7(10)12-8(11-6)13-1-3-14-4-2-13;5-2-1-3(6)9-4(7)8-2/h2*5H,1-4H2;1H. The van der Waals surface area contributed by atoms with Crippen molar-refractivity contribution in [3.8, 4) is 0 Å². The third-order valence-corrected chi connectivity index (χ3v) is 5.88. The number of nitrogens with zero attached hydrogens (tertiary/aromatic N) is 8. The largest absolute Gasteiger partial charge is 0.378 e. The van der Waals surface area contributed by atoms with E-state index in [2.05, 4.69) is 34.8 Å². The SMILES string of the molecule is Clc1cc(Cl)nc(Cl)n1.Clc1cc(Cl)nc(N2CCOCC2)n1.Clc1cc(N2CCOCC2)nc(Cl)n1. The molecule has 0 atom stereocenters. The zero-order chi connectivity index (χ0) is 26.8. The molecule has 0 aliphatic carbocycles. The maximum atomic E-state index is 5.78. The first-order valence-electron chi connectivity index (χ1n) is 10.6. The molecule has 2 saturated heterocycles. The number of anilines is 2. The molecule has 0 amide bonds. The Hall–Kier alpha value is -1.21. The predicted octanol–water partition coefficient (Wildman–Crippen LogP) is 5.68. The number of hydrogen-bond donors (Lipinski definition) is 0. The van der Waals surface area contributed by atoms with Gasteiger partial charge in [0.05, 0.1) is 26.4 Å². The van der Waals surface area contributed by atoms with Gasteiger partial charge in [-0.05, 0) is 23.2 Å². The molecule has 2 aliphatic rings. The van der Waals surface area contributed by atoms with Crippen molar-refractivity contribution >= 4 is 93.0 Å². The molecule has 0 unspecified atom stereocenters. The first kappa shape index (κ1) is 30.3. The summed E-state index contributed by atoms with van der Waals surface area (Å²) in [5.74, 6) is 1.34. The van der Waals surface area contributed by atoms with Gasteiger partial charge in [-0.15, -0.1) is 0 Å². The Labute approximate surface area is 248 Å². The van der Waals surface area contributed by atoms with Gasteiger partial charge in [-0.1, -0.05) is 58.0 Å². The lowest BCUT2D eigenvalue weighted by atomic mass is 10.4. The second-order valence-corrected chi connectivity index (χ2v) is 9.72. The van der Waals surface area contributed by atoms with Crippen LogP contribution >= 0.6 is 81.2 Å². The summed E-state index contributed by atoms with van der Waals surface area (Å²) < 4.78 is 10.4. The lowest BCUT2D eigenvalue weighted by Crippen LogP contribution is -2.37. The zero-order valence-electron chi connectivity index (χ0n) is 18.9. The van der Waals surface area contributed by atoms with Crippen LogP contribution in [0, 0.1) is 0 Å². The highest BCUT2D eigenvalue weighted by Crippen LogP contribution is 2.20. The fraction of sp³-hybridized carbons (Fsp3) is 0.400. The summed E-state index contributed by atoms with van der Waals surface area (Å²) in [5.41, 5.74) is 0. The van der Waals surface area contributed by atoms with E-state index in [0.717, 1.165) is 32.0 Å². The molecule has 5 rings (SSSR count). The predicted molar refractivity (Wildman–Crippen MR) is 147 cm³/mol. The van der Waals surface area contributed by atoms with E-state index >= 15 is 0 Å². The van der Waals surface area contributed by atoms with Gasteiger partial charge in [0.1, 0.15) is 31.6 Å². The molecular formula is C20H19Cl7N8O2. The maximum Gasteiger partial charge on any atom is 0.228 e. The van der Waals surface area contributed by atoms with Gasteiger partial charge in [-0.3, -0.25) is 0 Å². The molecule has 200 valence electrons. The monoisotopic (exact) mass is 648 g/mol. The van der Waals surface area contributed by atoms with Crippen LogP contribution in [-0.4, -0.2) is 82.5 Å². The fourth-order valence-corrected chi connectivity index (χ4v) is 4.48. The van der Waals surface area contributed by atoms with Crippen molar-refractivity contribution in [1.82, 2.24) is 29.9 Å². The van der Waals surface area contributed by atoms with Crippen molar-refractivity contribution in [2.75, 3.05) is 62.4 Å². The van der Waals surface area contributed by atoms with Crippen LogP contribution in [0.1, 0.15) is 0 Å². The van der Waals surface area contributed by atoms with E-state index in [4.69, 9.17) is 90.7 Å². The lowest BCUT2D eigenvalue weighted by molar-refractivity contribution is 0.122. The minimum Gasteiger partial charge on any atom is -0.378 e. The molecule has 2 fully saturated rings. The van der Waals surface area contributed by atoms with Crippen LogP contribution in [0.15, 0.2) is 18.2 Å². The van der Waals surface area contributed by atoms with Gasteiger partial charge in [0.25, 0.3) is 0 Å². The summed E-state index contributed by atoms with van der Waals surface area (Å²) >= 11 is 39.3. The minimum atomic E-state index is 0.0625. The van der Waals surface area contributed by atoms with Crippen molar-refractivity contribution in [3.63, 3.8) is 0 Å². The number of morpholine rings is 2. The maximum absolute atomic E-state index is 5.78. The van der Waals surface area contributed by atoms with Crippen molar-refractivity contribution < 1.29 is 9.47 Å². The number of rotatable bonds is 2. The van der Waals surface area contributed by atoms with Crippen molar-refractivity contribution in [2.45, 2.75) is 0 Å². The molecule has 37 heavy (non-hydrogen) atoms. The molecule has 0 radical (unpaired) electrons. The topological polar surface area (TPSA) is 102 Å². The number of halogens is 7. The molecule has 17 heteroatoms. The number of aromatic nitrogens is 6. The Morgan fingerprint density at radius 1 is 0.486 bits per heavy atom. The second-order valence-electron chi connectivity index (χ2n) is 7.11. The van der Waals surface area contributed by atoms with E-state index in [1.807, 2.05) is 4.90 Å². The summed E-state index contributed by atoms with van der Waals surface area (Å²) in [6, 6.07) is 4.64. The van der Waals surface area contributed by atoms with Crippen LogP contribution in [0.3, 0.4) is 0 Å². The highest BCUT2D eigenvalue weighted by molar-refractivity contribution is 6.35. The van der Waals surface area contributed by atoms with Gasteiger partial charge < -0.3 is 19.3 Å². The number of ether oxygens (including phenoxy) is 2. The van der Waals surface area contributed by atoms with Gasteiger partial charge in [0, 0.05) is 44.4 Å². The molecule has 0 aromatic carbocycles. The molecule has 0 spiro atoms. The normalized spacial score (nSPS) is 15.3. The molecule has 3 aromatic heterocycles. The minimum absolute atomic E-state index is 0.0625. The van der Waals surface area contributed by atoms with Crippen molar-refractivity contribution in [1.29, 1.82) is 0 Å². The van der Waals surface area contributed by atoms with Crippen LogP contribution in [0.2, 0.25) is 36.3 Å². The number of hydrogen-bond acceptors (Lipinski definition) is 10. The summed E-state index contributed by atoms with van der Waals surface area (Å²) in [7, 11) is 0. The van der Waals surface area contributed by atoms with Gasteiger partial charge in [-0.2, -0.15) is 0 Å². The molecule has 10 nitrogen and oxygen atoms in total. The second kappa shape index (κ2) is 15.4. The molecule has 0 N–H and O–H groups in total. The molecule has 0 saturated carbocycles. The van der Waals surface area contributed by atoms with Crippen LogP contribution in [-0.2, 0) is 9.47 Å². The van der Waals surface area contributed by atoms with Crippen molar-refractivity contribution in [3.05, 3.63) is 54.5 Å². The van der Waals surface area contributed by atoms with Crippen LogP contribution in [0.5, 0.6) is 0 Å². The smallest absolute Gasteiger partial charge is 0.228 e. The van der Waals surface area contributed by atoms with E-state index in [1.54, 1.807) is 6.07 Å². The van der Waals surface area contributed by atoms with E-state index in [0.29, 0.717) is 47.8 Å². The summed E-state index contributed by atoms with van der Waals surface area (Å²) in [5, 5.41) is 1.84. The van der Waals surface area contributed by atoms with Gasteiger partial charge in [0.15, 0.2) is 0 Å². The van der Waals surface area contributed by atoms with E-state index < -0.39 is 0 Å². The average Bonchev–Trinajstić information content (AvgIpc) is 2.84. The molecule has 3 aromatic rings. The third kappa shape index (κ3) is 10.8. The zero-order valence-corrected chi connectivity index (χ0v) is 24.2. The lowest BCUT2D eigenvalue weighted by Gasteiger charge is -2.27. The first-order chi connectivity index (χ1) is 17.7. The summed E-state index contributed by atoms with van der Waals surface area (Å²) in [4.78, 5) is 27.3. The first-order valence-corrected chi connectivity index (χ1v) is 13.3. The van der Waals surface area contributed by atoms with Crippen LogP contribution < -0.4 is 9.80 Å². The highest BCUT2D eigenvalue weighted by Gasteiger charge is 2.15. The Kier molecular flexibility index (Phi) is 12.6. The van der Waals surface area contributed by atoms with Gasteiger partial charge >= 0.3 is 0 Å². The summed E-state index contributed by atoms with van der Waals surface area (Å²) in [6.07, 6.45) is 0. The van der Waals surface area contributed by atoms with Crippen LogP contribution in [0.4, 0.5) is 11.8 Å². The van der Waals surface area contributed by atoms with E-state index in [9.17, 15) is 0 Å². The van der Waals surface area contributed by atoms with E-state index in [-0.39, 0.29) is 20.9 Å². The van der Waals surface area contributed by atoms with Gasteiger partial charge in [-0.25, -0.2) is 29.9 Å². The Bertz CT molecular complexity index is 1010. The van der Waals surface area contributed by atoms with Gasteiger partial charge in [0.2, 0.25) is 16.5 Å². The van der Waals surface area contributed by atoms with E-state index in [1.165, 1.54) is 12.1 Å². The Morgan fingerprint density at radius 2 is 0.865 bits per heavy atom. The molecule has 5 heterocycles. The summed E-state index contributed by atoms with van der Waals surface area (Å²) in [6.45, 7) is 5.96. The van der Waals surface area contributed by atoms with Crippen molar-refractivity contribution in [2.24, 2.45) is 0 Å².